The highest BCUT2D eigenvalue weighted by atomic mass is 19.1. The predicted molar refractivity (Wildman–Crippen MR) is 113 cm³/mol. The molecule has 1 atom stereocenters. The molecule has 1 aromatic carbocycles. The van der Waals surface area contributed by atoms with E-state index >= 15 is 0 Å². The van der Waals surface area contributed by atoms with Crippen molar-refractivity contribution in [2.45, 2.75) is 39.2 Å². The molecule has 0 spiro atoms. The third-order valence-corrected chi connectivity index (χ3v) is 5.03. The van der Waals surface area contributed by atoms with Crippen molar-refractivity contribution in [3.63, 3.8) is 0 Å². The lowest BCUT2D eigenvalue weighted by molar-refractivity contribution is -0.125. The van der Waals surface area contributed by atoms with E-state index in [0.29, 0.717) is 31.2 Å². The van der Waals surface area contributed by atoms with Gasteiger partial charge in [-0.15, -0.1) is 5.10 Å². The van der Waals surface area contributed by atoms with Crippen LogP contribution in [0.5, 0.6) is 0 Å². The number of rotatable bonds is 8. The zero-order chi connectivity index (χ0) is 21.5. The summed E-state index contributed by atoms with van der Waals surface area (Å²) >= 11 is 0. The van der Waals surface area contributed by atoms with Crippen LogP contribution in [-0.2, 0) is 9.53 Å². The quantitative estimate of drug-likeness (QED) is 0.670. The number of piperidine rings is 1. The number of hydrogen-bond donors (Lipinski definition) is 1. The monoisotopic (exact) mass is 416 g/mol. The summed E-state index contributed by atoms with van der Waals surface area (Å²) < 4.78 is 20.2. The van der Waals surface area contributed by atoms with Gasteiger partial charge in [0.1, 0.15) is 11.6 Å². The molecule has 1 N–H and O–H groups in total. The molecular formula is C22H29FN4O3. The van der Waals surface area contributed by atoms with E-state index in [1.165, 1.54) is 22.9 Å². The van der Waals surface area contributed by atoms with E-state index in [1.807, 2.05) is 18.7 Å². The van der Waals surface area contributed by atoms with Crippen LogP contribution in [0.4, 0.5) is 10.2 Å². The Morgan fingerprint density at radius 3 is 2.93 bits per heavy atom. The SMILES string of the molecule is CC(C)OCCCNC(=O)C1CCCN(c2ccc(=O)n(-c3cccc(F)c3)n2)C1. The smallest absolute Gasteiger partial charge is 0.271 e. The van der Waals surface area contributed by atoms with E-state index in [0.717, 1.165) is 25.8 Å². The summed E-state index contributed by atoms with van der Waals surface area (Å²) in [5, 5.41) is 7.41. The molecule has 1 aliphatic heterocycles. The Hall–Kier alpha value is -2.74. The van der Waals surface area contributed by atoms with Crippen LogP contribution >= 0.6 is 0 Å². The molecule has 30 heavy (non-hydrogen) atoms. The maximum absolute atomic E-state index is 13.6. The van der Waals surface area contributed by atoms with Crippen LogP contribution in [0.3, 0.4) is 0 Å². The second-order valence-electron chi connectivity index (χ2n) is 7.77. The van der Waals surface area contributed by atoms with Gasteiger partial charge >= 0.3 is 0 Å². The fraction of sp³-hybridized carbons (Fsp3) is 0.500. The van der Waals surface area contributed by atoms with E-state index in [-0.39, 0.29) is 23.5 Å². The minimum Gasteiger partial charge on any atom is -0.379 e. The van der Waals surface area contributed by atoms with E-state index in [4.69, 9.17) is 4.74 Å². The van der Waals surface area contributed by atoms with Crippen LogP contribution in [0, 0.1) is 11.7 Å². The summed E-state index contributed by atoms with van der Waals surface area (Å²) in [6.45, 7) is 6.47. The molecule has 7 nitrogen and oxygen atoms in total. The third kappa shape index (κ3) is 5.89. The van der Waals surface area contributed by atoms with Crippen molar-refractivity contribution in [3.05, 3.63) is 52.6 Å². The normalized spacial score (nSPS) is 16.7. The number of ether oxygens (including phenoxy) is 1. The minimum atomic E-state index is -0.430. The van der Waals surface area contributed by atoms with E-state index in [9.17, 15) is 14.0 Å². The molecule has 0 bridgehead atoms. The first kappa shape index (κ1) is 22.0. The molecule has 1 aromatic heterocycles. The summed E-state index contributed by atoms with van der Waals surface area (Å²) in [5.41, 5.74) is 0.0380. The average molecular weight is 416 g/mol. The summed E-state index contributed by atoms with van der Waals surface area (Å²) in [7, 11) is 0. The molecule has 0 saturated carbocycles. The van der Waals surface area contributed by atoms with Gasteiger partial charge in [-0.05, 0) is 57.4 Å². The first-order chi connectivity index (χ1) is 14.4. The molecular weight excluding hydrogens is 387 g/mol. The van der Waals surface area contributed by atoms with Gasteiger partial charge in [-0.3, -0.25) is 9.59 Å². The summed E-state index contributed by atoms with van der Waals surface area (Å²) in [6.07, 6.45) is 2.64. The molecule has 2 aromatic rings. The molecule has 0 radical (unpaired) electrons. The van der Waals surface area contributed by atoms with Gasteiger partial charge in [0, 0.05) is 32.3 Å². The highest BCUT2D eigenvalue weighted by Gasteiger charge is 2.26. The number of aromatic nitrogens is 2. The van der Waals surface area contributed by atoms with E-state index < -0.39 is 5.82 Å². The van der Waals surface area contributed by atoms with Crippen molar-refractivity contribution in [2.24, 2.45) is 5.92 Å². The third-order valence-electron chi connectivity index (χ3n) is 5.03. The van der Waals surface area contributed by atoms with Gasteiger partial charge in [0.25, 0.3) is 5.56 Å². The number of nitrogens with one attached hydrogen (secondary N) is 1. The average Bonchev–Trinajstić information content (AvgIpc) is 2.73. The molecule has 2 heterocycles. The lowest BCUT2D eigenvalue weighted by Gasteiger charge is -2.33. The maximum atomic E-state index is 13.6. The Morgan fingerprint density at radius 1 is 1.33 bits per heavy atom. The molecule has 1 saturated heterocycles. The topological polar surface area (TPSA) is 76.5 Å². The Morgan fingerprint density at radius 2 is 2.17 bits per heavy atom. The second-order valence-corrected chi connectivity index (χ2v) is 7.77. The molecule has 1 unspecified atom stereocenters. The highest BCUT2D eigenvalue weighted by Crippen LogP contribution is 2.21. The summed E-state index contributed by atoms with van der Waals surface area (Å²) in [4.78, 5) is 26.8. The number of amides is 1. The number of hydrogen-bond acceptors (Lipinski definition) is 5. The Balaban J connectivity index is 1.63. The van der Waals surface area contributed by atoms with Crippen molar-refractivity contribution < 1.29 is 13.9 Å². The van der Waals surface area contributed by atoms with E-state index in [1.54, 1.807) is 18.2 Å². The number of benzene rings is 1. The van der Waals surface area contributed by atoms with Crippen LogP contribution in [0.15, 0.2) is 41.2 Å². The number of carbonyl (C=O) groups is 1. The lowest BCUT2D eigenvalue weighted by atomic mass is 9.97. The maximum Gasteiger partial charge on any atom is 0.271 e. The predicted octanol–water partition coefficient (Wildman–Crippen LogP) is 2.52. The number of carbonyl (C=O) groups excluding carboxylic acids is 1. The molecule has 0 aliphatic carbocycles. The van der Waals surface area contributed by atoms with Gasteiger partial charge in [0.05, 0.1) is 17.7 Å². The van der Waals surface area contributed by atoms with Crippen LogP contribution in [-0.4, -0.2) is 48.0 Å². The van der Waals surface area contributed by atoms with Gasteiger partial charge in [0.2, 0.25) is 5.91 Å². The molecule has 1 aliphatic rings. The minimum absolute atomic E-state index is 0.0303. The zero-order valence-corrected chi connectivity index (χ0v) is 17.5. The number of nitrogens with zero attached hydrogens (tertiary/aromatic N) is 3. The second kappa shape index (κ2) is 10.3. The largest absolute Gasteiger partial charge is 0.379 e. The molecule has 1 amide bonds. The van der Waals surface area contributed by atoms with Crippen LogP contribution < -0.4 is 15.8 Å². The number of halogens is 1. The summed E-state index contributed by atoms with van der Waals surface area (Å²) in [5.74, 6) is 0.0608. The van der Waals surface area contributed by atoms with Crippen LogP contribution in [0.1, 0.15) is 33.1 Å². The van der Waals surface area contributed by atoms with Crippen molar-refractivity contribution in [1.82, 2.24) is 15.1 Å². The molecule has 3 rings (SSSR count). The zero-order valence-electron chi connectivity index (χ0n) is 17.5. The fourth-order valence-electron chi connectivity index (χ4n) is 3.51. The van der Waals surface area contributed by atoms with Crippen molar-refractivity contribution in [1.29, 1.82) is 0 Å². The van der Waals surface area contributed by atoms with Crippen LogP contribution in [0.2, 0.25) is 0 Å². The Labute approximate surface area is 175 Å². The summed E-state index contributed by atoms with van der Waals surface area (Å²) in [6, 6.07) is 8.85. The first-order valence-corrected chi connectivity index (χ1v) is 10.4. The molecule has 162 valence electrons. The number of anilines is 1. The van der Waals surface area contributed by atoms with Crippen molar-refractivity contribution in [3.8, 4) is 5.69 Å². The van der Waals surface area contributed by atoms with Gasteiger partial charge in [-0.1, -0.05) is 6.07 Å². The van der Waals surface area contributed by atoms with Gasteiger partial charge in [-0.25, -0.2) is 4.39 Å². The Bertz CT molecular complexity index is 915. The highest BCUT2D eigenvalue weighted by molar-refractivity contribution is 5.79. The van der Waals surface area contributed by atoms with Gasteiger partial charge in [-0.2, -0.15) is 4.68 Å². The standard InChI is InChI=1S/C22H29FN4O3/c1-16(2)30-13-5-11-24-22(29)17-6-4-12-26(15-17)20-9-10-21(28)27(25-20)19-8-3-7-18(23)14-19/h3,7-10,14,16-17H,4-6,11-13,15H2,1-2H3,(H,24,29). The van der Waals surface area contributed by atoms with Crippen LogP contribution in [0.25, 0.3) is 5.69 Å². The molecule has 1 fully saturated rings. The fourth-order valence-corrected chi connectivity index (χ4v) is 3.51. The van der Waals surface area contributed by atoms with E-state index in [2.05, 4.69) is 10.4 Å². The molecule has 8 heteroatoms. The first-order valence-electron chi connectivity index (χ1n) is 10.4. The van der Waals surface area contributed by atoms with Crippen molar-refractivity contribution in [2.75, 3.05) is 31.1 Å². The lowest BCUT2D eigenvalue weighted by Crippen LogP contribution is -2.44. The Kier molecular flexibility index (Phi) is 7.57. The van der Waals surface area contributed by atoms with Gasteiger partial charge < -0.3 is 15.0 Å². The van der Waals surface area contributed by atoms with Gasteiger partial charge in [0.15, 0.2) is 0 Å². The van der Waals surface area contributed by atoms with Crippen molar-refractivity contribution >= 4 is 11.7 Å².